The van der Waals surface area contributed by atoms with E-state index >= 15 is 0 Å². The monoisotopic (exact) mass is 391 g/mol. The highest BCUT2D eigenvalue weighted by Crippen LogP contribution is 2.41. The summed E-state index contributed by atoms with van der Waals surface area (Å²) < 4.78 is 0. The number of benzene rings is 2. The van der Waals surface area contributed by atoms with E-state index in [1.165, 1.54) is 4.90 Å². The maximum Gasteiger partial charge on any atom is 0.335 e. The minimum absolute atomic E-state index is 0.224. The van der Waals surface area contributed by atoms with Gasteiger partial charge in [0.1, 0.15) is 0 Å². The van der Waals surface area contributed by atoms with E-state index in [2.05, 4.69) is 5.32 Å². The summed E-state index contributed by atoms with van der Waals surface area (Å²) in [5.41, 5.74) is 4.95. The average Bonchev–Trinajstić information content (AvgIpc) is 2.62. The third-order valence-corrected chi connectivity index (χ3v) is 5.98. The molecule has 2 aliphatic heterocycles. The molecule has 0 aliphatic carbocycles. The molecule has 4 amide bonds. The largest absolute Gasteiger partial charge is 0.373 e. The van der Waals surface area contributed by atoms with E-state index in [9.17, 15) is 14.4 Å². The van der Waals surface area contributed by atoms with Crippen LogP contribution in [0.3, 0.4) is 0 Å². The lowest BCUT2D eigenvalue weighted by Gasteiger charge is -2.45. The highest BCUT2D eigenvalue weighted by atomic mass is 16.2. The maximum absolute atomic E-state index is 13.8. The number of barbiturate groups is 1. The molecule has 6 heteroatoms. The molecule has 0 aromatic heterocycles. The van der Waals surface area contributed by atoms with E-state index in [0.717, 1.165) is 33.5 Å². The van der Waals surface area contributed by atoms with Crippen LogP contribution in [0.15, 0.2) is 30.3 Å². The average molecular weight is 391 g/mol. The quantitative estimate of drug-likeness (QED) is 0.758. The van der Waals surface area contributed by atoms with Crippen LogP contribution in [0.25, 0.3) is 0 Å². The van der Waals surface area contributed by atoms with Gasteiger partial charge in [0.2, 0.25) is 5.91 Å². The van der Waals surface area contributed by atoms with Gasteiger partial charge in [-0.15, -0.1) is 0 Å². The number of carbonyl (C=O) groups excluding carboxylic acids is 3. The van der Waals surface area contributed by atoms with Crippen molar-refractivity contribution in [2.24, 2.45) is 5.41 Å². The molecule has 150 valence electrons. The molecule has 0 unspecified atom stereocenters. The van der Waals surface area contributed by atoms with Gasteiger partial charge in [0, 0.05) is 19.3 Å². The number of urea groups is 1. The first kappa shape index (κ1) is 19.2. The first-order chi connectivity index (χ1) is 13.6. The lowest BCUT2D eigenvalue weighted by atomic mass is 9.74. The van der Waals surface area contributed by atoms with Crippen molar-refractivity contribution in [1.82, 2.24) is 5.32 Å². The Bertz CT molecular complexity index is 1050. The van der Waals surface area contributed by atoms with Gasteiger partial charge in [-0.05, 0) is 56.9 Å². The van der Waals surface area contributed by atoms with E-state index < -0.39 is 23.3 Å². The van der Waals surface area contributed by atoms with Crippen molar-refractivity contribution < 1.29 is 14.4 Å². The summed E-state index contributed by atoms with van der Waals surface area (Å²) in [7, 11) is 1.87. The summed E-state index contributed by atoms with van der Waals surface area (Å²) in [6.45, 7) is 7.94. The second-order valence-electron chi connectivity index (χ2n) is 8.39. The Labute approximate surface area is 170 Å². The van der Waals surface area contributed by atoms with E-state index in [1.54, 1.807) is 0 Å². The molecule has 4 rings (SSSR count). The minimum Gasteiger partial charge on any atom is -0.373 e. The van der Waals surface area contributed by atoms with E-state index in [-0.39, 0.29) is 13.0 Å². The standard InChI is InChI=1S/C23H25N3O3/c1-13-6-7-18-17(10-13)11-23(12-25(18)5)20(27)24-22(29)26(21(23)28)19-15(3)8-14(2)9-16(19)4/h6-10H,11-12H2,1-5H3,(H,24,27,29)/t23-/m0/s1. The van der Waals surface area contributed by atoms with Crippen LogP contribution in [-0.2, 0) is 16.0 Å². The van der Waals surface area contributed by atoms with Gasteiger partial charge in [0.25, 0.3) is 5.91 Å². The van der Waals surface area contributed by atoms with Crippen LogP contribution < -0.4 is 15.1 Å². The fourth-order valence-corrected chi connectivity index (χ4v) is 4.80. The van der Waals surface area contributed by atoms with Crippen LogP contribution in [0.1, 0.15) is 27.8 Å². The molecular weight excluding hydrogens is 366 g/mol. The number of amides is 4. The number of nitrogens with zero attached hydrogens (tertiary/aromatic N) is 2. The maximum atomic E-state index is 13.8. The molecule has 2 aromatic carbocycles. The zero-order chi connectivity index (χ0) is 21.1. The molecular formula is C23H25N3O3. The number of anilines is 2. The van der Waals surface area contributed by atoms with Crippen molar-refractivity contribution in [2.45, 2.75) is 34.1 Å². The number of nitrogens with one attached hydrogen (secondary N) is 1. The molecule has 2 aromatic rings. The number of aryl methyl sites for hydroxylation is 4. The van der Waals surface area contributed by atoms with Crippen LogP contribution >= 0.6 is 0 Å². The van der Waals surface area contributed by atoms with Gasteiger partial charge in [-0.2, -0.15) is 0 Å². The zero-order valence-electron chi connectivity index (χ0n) is 17.4. The SMILES string of the molecule is Cc1cc(C)c(N2C(=O)NC(=O)[C@@]3(Cc4cc(C)ccc4N(C)C3)C2=O)c(C)c1. The summed E-state index contributed by atoms with van der Waals surface area (Å²) in [5.74, 6) is -0.981. The number of carbonyl (C=O) groups is 3. The van der Waals surface area contributed by atoms with Crippen molar-refractivity contribution in [3.63, 3.8) is 0 Å². The molecule has 1 atom stereocenters. The second-order valence-corrected chi connectivity index (χ2v) is 8.39. The topological polar surface area (TPSA) is 69.7 Å². The number of fused-ring (bicyclic) bond motifs is 1. The first-order valence-corrected chi connectivity index (χ1v) is 9.72. The molecule has 0 saturated carbocycles. The van der Waals surface area contributed by atoms with Gasteiger partial charge in [-0.3, -0.25) is 14.9 Å². The smallest absolute Gasteiger partial charge is 0.335 e. The molecule has 0 radical (unpaired) electrons. The molecule has 2 heterocycles. The number of rotatable bonds is 1. The summed E-state index contributed by atoms with van der Waals surface area (Å²) >= 11 is 0. The van der Waals surface area contributed by atoms with Crippen LogP contribution in [-0.4, -0.2) is 31.4 Å². The molecule has 1 fully saturated rings. The lowest BCUT2D eigenvalue weighted by molar-refractivity contribution is -0.142. The molecule has 1 N–H and O–H groups in total. The third-order valence-electron chi connectivity index (χ3n) is 5.98. The molecule has 29 heavy (non-hydrogen) atoms. The normalized spacial score (nSPS) is 21.5. The van der Waals surface area contributed by atoms with Gasteiger partial charge in [-0.25, -0.2) is 9.69 Å². The van der Waals surface area contributed by atoms with E-state index in [0.29, 0.717) is 5.69 Å². The minimum atomic E-state index is -1.34. The number of imide groups is 2. The van der Waals surface area contributed by atoms with E-state index in [4.69, 9.17) is 0 Å². The van der Waals surface area contributed by atoms with Crippen molar-refractivity contribution in [2.75, 3.05) is 23.4 Å². The third kappa shape index (κ3) is 2.82. The Balaban J connectivity index is 1.85. The Morgan fingerprint density at radius 1 is 0.931 bits per heavy atom. The number of hydrogen-bond donors (Lipinski definition) is 1. The van der Waals surface area contributed by atoms with Gasteiger partial charge in [-0.1, -0.05) is 35.4 Å². The Hall–Kier alpha value is -3.15. The van der Waals surface area contributed by atoms with Gasteiger partial charge < -0.3 is 4.90 Å². The predicted octanol–water partition coefficient (Wildman–Crippen LogP) is 3.18. The number of hydrogen-bond acceptors (Lipinski definition) is 4. The van der Waals surface area contributed by atoms with Gasteiger partial charge >= 0.3 is 6.03 Å². The Morgan fingerprint density at radius 2 is 1.59 bits per heavy atom. The Kier molecular flexibility index (Phi) is 4.26. The molecule has 1 saturated heterocycles. The van der Waals surface area contributed by atoms with Crippen LogP contribution in [0.2, 0.25) is 0 Å². The zero-order valence-corrected chi connectivity index (χ0v) is 17.4. The fraction of sp³-hybridized carbons (Fsp3) is 0.348. The van der Waals surface area contributed by atoms with Gasteiger partial charge in [0.05, 0.1) is 5.69 Å². The van der Waals surface area contributed by atoms with Gasteiger partial charge in [0.15, 0.2) is 5.41 Å². The van der Waals surface area contributed by atoms with Crippen LogP contribution in [0, 0.1) is 33.1 Å². The molecule has 2 aliphatic rings. The predicted molar refractivity (Wildman–Crippen MR) is 112 cm³/mol. The van der Waals surface area contributed by atoms with Crippen LogP contribution in [0.5, 0.6) is 0 Å². The Morgan fingerprint density at radius 3 is 2.24 bits per heavy atom. The molecule has 1 spiro atoms. The highest BCUT2D eigenvalue weighted by Gasteiger charge is 2.57. The fourth-order valence-electron chi connectivity index (χ4n) is 4.80. The van der Waals surface area contributed by atoms with Crippen molar-refractivity contribution in [3.8, 4) is 0 Å². The summed E-state index contributed by atoms with van der Waals surface area (Å²) in [6, 6.07) is 9.25. The van der Waals surface area contributed by atoms with Crippen molar-refractivity contribution in [3.05, 3.63) is 58.1 Å². The summed E-state index contributed by atoms with van der Waals surface area (Å²) in [5, 5.41) is 2.45. The molecule has 0 bridgehead atoms. The lowest BCUT2D eigenvalue weighted by Crippen LogP contribution is -2.68. The van der Waals surface area contributed by atoms with Crippen molar-refractivity contribution >= 4 is 29.2 Å². The van der Waals surface area contributed by atoms with Crippen LogP contribution in [0.4, 0.5) is 16.2 Å². The summed E-state index contributed by atoms with van der Waals surface area (Å²) in [4.78, 5) is 42.7. The second kappa shape index (κ2) is 6.44. The summed E-state index contributed by atoms with van der Waals surface area (Å²) in [6.07, 6.45) is 0.271. The first-order valence-electron chi connectivity index (χ1n) is 9.72. The molecule has 6 nitrogen and oxygen atoms in total. The highest BCUT2D eigenvalue weighted by molar-refractivity contribution is 6.30. The van der Waals surface area contributed by atoms with E-state index in [1.807, 2.05) is 70.0 Å². The van der Waals surface area contributed by atoms with Crippen molar-refractivity contribution in [1.29, 1.82) is 0 Å².